The van der Waals surface area contributed by atoms with Gasteiger partial charge in [0.25, 0.3) is 0 Å². The van der Waals surface area contributed by atoms with Crippen molar-refractivity contribution in [3.63, 3.8) is 0 Å². The van der Waals surface area contributed by atoms with E-state index in [1.807, 2.05) is 33.9 Å². The number of carbonyl (C=O) groups is 1. The van der Waals surface area contributed by atoms with Gasteiger partial charge in [0.05, 0.1) is 0 Å². The van der Waals surface area contributed by atoms with Crippen LogP contribution in [0.5, 0.6) is 0 Å². The lowest BCUT2D eigenvalue weighted by molar-refractivity contribution is -0.117. The topological polar surface area (TPSA) is 20.3 Å². The third kappa shape index (κ3) is 3.63. The number of nitrogens with zero attached hydrogens (tertiary/aromatic N) is 1. The van der Waals surface area contributed by atoms with Gasteiger partial charge in [-0.1, -0.05) is 32.0 Å². The third-order valence-corrected chi connectivity index (χ3v) is 4.24. The molecule has 106 valence electrons. The van der Waals surface area contributed by atoms with E-state index in [0.29, 0.717) is 12.1 Å². The Morgan fingerprint density at radius 2 is 1.89 bits per heavy atom. The van der Waals surface area contributed by atoms with Crippen LogP contribution >= 0.6 is 0 Å². The zero-order chi connectivity index (χ0) is 14.5. The van der Waals surface area contributed by atoms with Gasteiger partial charge < -0.3 is 4.79 Å². The molecule has 0 N–H and O–H groups in total. The Bertz CT molecular complexity index is 415. The van der Waals surface area contributed by atoms with Gasteiger partial charge in [-0.15, -0.1) is 0 Å². The van der Waals surface area contributed by atoms with Crippen LogP contribution in [0.15, 0.2) is 24.3 Å². The van der Waals surface area contributed by atoms with Crippen molar-refractivity contribution >= 4 is 6.29 Å². The van der Waals surface area contributed by atoms with Crippen LogP contribution < -0.4 is 0 Å². The lowest BCUT2D eigenvalue weighted by atomic mass is 9.83. The van der Waals surface area contributed by atoms with Gasteiger partial charge in [-0.3, -0.25) is 4.90 Å². The second-order valence-electron chi connectivity index (χ2n) is 5.30. The summed E-state index contributed by atoms with van der Waals surface area (Å²) in [5, 5.41) is 0. The van der Waals surface area contributed by atoms with Crippen molar-refractivity contribution in [1.82, 2.24) is 4.90 Å². The first-order valence-corrected chi connectivity index (χ1v) is 6.90. The summed E-state index contributed by atoms with van der Waals surface area (Å²) in [4.78, 5) is 13.4. The summed E-state index contributed by atoms with van der Waals surface area (Å²) in [6.07, 6.45) is 2.67. The largest absolute Gasteiger partial charge is 0.303 e. The molecule has 0 bridgehead atoms. The van der Waals surface area contributed by atoms with Crippen molar-refractivity contribution in [2.24, 2.45) is 5.41 Å². The van der Waals surface area contributed by atoms with Crippen molar-refractivity contribution in [2.45, 2.75) is 39.7 Å². The van der Waals surface area contributed by atoms with Crippen LogP contribution in [0.4, 0.5) is 4.39 Å². The summed E-state index contributed by atoms with van der Waals surface area (Å²) in [5.41, 5.74) is 0.353. The van der Waals surface area contributed by atoms with Crippen LogP contribution in [0.25, 0.3) is 0 Å². The predicted octanol–water partition coefficient (Wildman–Crippen LogP) is 3.82. The fraction of sp³-hybridized carbons (Fsp3) is 0.562. The summed E-state index contributed by atoms with van der Waals surface area (Å²) in [6, 6.07) is 6.77. The molecule has 2 nitrogen and oxygen atoms in total. The number of halogens is 1. The van der Waals surface area contributed by atoms with E-state index in [1.165, 1.54) is 6.07 Å². The second kappa shape index (κ2) is 6.80. The quantitative estimate of drug-likeness (QED) is 0.698. The highest BCUT2D eigenvalue weighted by Gasteiger charge is 2.29. The fourth-order valence-electron chi connectivity index (χ4n) is 2.36. The molecule has 0 aliphatic rings. The molecule has 1 aromatic carbocycles. The SMILES string of the molecule is CCC(C=O)(CC)CN(C)C(C)c1ccccc1F. The molecule has 0 saturated carbocycles. The smallest absolute Gasteiger partial charge is 0.127 e. The second-order valence-corrected chi connectivity index (χ2v) is 5.30. The van der Waals surface area contributed by atoms with Crippen LogP contribution in [0.1, 0.15) is 45.2 Å². The maximum Gasteiger partial charge on any atom is 0.127 e. The third-order valence-electron chi connectivity index (χ3n) is 4.24. The Balaban J connectivity index is 2.86. The molecule has 1 unspecified atom stereocenters. The molecule has 0 aliphatic heterocycles. The summed E-state index contributed by atoms with van der Waals surface area (Å²) < 4.78 is 13.8. The van der Waals surface area contributed by atoms with E-state index in [1.54, 1.807) is 12.1 Å². The van der Waals surface area contributed by atoms with Gasteiger partial charge in [-0.05, 0) is 32.9 Å². The molecule has 0 radical (unpaired) electrons. The minimum Gasteiger partial charge on any atom is -0.303 e. The Hall–Kier alpha value is -1.22. The van der Waals surface area contributed by atoms with Gasteiger partial charge in [0.2, 0.25) is 0 Å². The molecule has 0 heterocycles. The molecular formula is C16H24FNO. The Kier molecular flexibility index (Phi) is 5.67. The standard InChI is InChI=1S/C16H24FNO/c1-5-16(6-2,12-19)11-18(4)13(3)14-9-7-8-10-15(14)17/h7-10,12-13H,5-6,11H2,1-4H3. The lowest BCUT2D eigenvalue weighted by Gasteiger charge is -2.34. The summed E-state index contributed by atoms with van der Waals surface area (Å²) >= 11 is 0. The zero-order valence-corrected chi connectivity index (χ0v) is 12.3. The molecule has 1 aromatic rings. The van der Waals surface area contributed by atoms with E-state index < -0.39 is 0 Å². The first-order chi connectivity index (χ1) is 8.99. The summed E-state index contributed by atoms with van der Waals surface area (Å²) in [5.74, 6) is -0.188. The van der Waals surface area contributed by atoms with E-state index in [4.69, 9.17) is 0 Å². The average molecular weight is 265 g/mol. The normalized spacial score (nSPS) is 13.6. The van der Waals surface area contributed by atoms with Crippen molar-refractivity contribution in [1.29, 1.82) is 0 Å². The molecule has 0 fully saturated rings. The van der Waals surface area contributed by atoms with Crippen LogP contribution in [0.2, 0.25) is 0 Å². The molecule has 0 aliphatic carbocycles. The van der Waals surface area contributed by atoms with Gasteiger partial charge >= 0.3 is 0 Å². The van der Waals surface area contributed by atoms with Crippen LogP contribution in [-0.4, -0.2) is 24.8 Å². The number of hydrogen-bond acceptors (Lipinski definition) is 2. The van der Waals surface area contributed by atoms with E-state index in [2.05, 4.69) is 4.90 Å². The molecule has 0 aromatic heterocycles. The highest BCUT2D eigenvalue weighted by molar-refractivity contribution is 5.59. The molecular weight excluding hydrogens is 241 g/mol. The number of aldehydes is 1. The minimum atomic E-state index is -0.325. The number of carbonyl (C=O) groups excluding carboxylic acids is 1. The Morgan fingerprint density at radius 1 is 1.32 bits per heavy atom. The Labute approximate surface area is 115 Å². The molecule has 19 heavy (non-hydrogen) atoms. The van der Waals surface area contributed by atoms with Gasteiger partial charge in [0.15, 0.2) is 0 Å². The lowest BCUT2D eigenvalue weighted by Crippen LogP contribution is -2.37. The fourth-order valence-corrected chi connectivity index (χ4v) is 2.36. The van der Waals surface area contributed by atoms with Gasteiger partial charge in [0, 0.05) is 23.6 Å². The van der Waals surface area contributed by atoms with Gasteiger partial charge in [-0.2, -0.15) is 0 Å². The monoisotopic (exact) mass is 265 g/mol. The van der Waals surface area contributed by atoms with Crippen molar-refractivity contribution < 1.29 is 9.18 Å². The van der Waals surface area contributed by atoms with E-state index in [9.17, 15) is 9.18 Å². The summed E-state index contributed by atoms with van der Waals surface area (Å²) in [7, 11) is 1.95. The van der Waals surface area contributed by atoms with Crippen molar-refractivity contribution in [3.05, 3.63) is 35.6 Å². The van der Waals surface area contributed by atoms with Crippen LogP contribution in [0.3, 0.4) is 0 Å². The molecule has 1 rings (SSSR count). The molecule has 1 atom stereocenters. The predicted molar refractivity (Wildman–Crippen MR) is 76.5 cm³/mol. The maximum absolute atomic E-state index is 13.8. The molecule has 0 spiro atoms. The van der Waals surface area contributed by atoms with Gasteiger partial charge in [-0.25, -0.2) is 4.39 Å². The highest BCUT2D eigenvalue weighted by atomic mass is 19.1. The first-order valence-electron chi connectivity index (χ1n) is 6.90. The van der Waals surface area contributed by atoms with Crippen LogP contribution in [-0.2, 0) is 4.79 Å². The maximum atomic E-state index is 13.8. The molecule has 3 heteroatoms. The molecule has 0 amide bonds. The molecule has 0 saturated heterocycles. The number of rotatable bonds is 7. The number of benzene rings is 1. The van der Waals surface area contributed by atoms with Gasteiger partial charge in [0.1, 0.15) is 12.1 Å². The Morgan fingerprint density at radius 3 is 2.37 bits per heavy atom. The minimum absolute atomic E-state index is 0.0429. The van der Waals surface area contributed by atoms with Crippen molar-refractivity contribution in [2.75, 3.05) is 13.6 Å². The van der Waals surface area contributed by atoms with Crippen molar-refractivity contribution in [3.8, 4) is 0 Å². The van der Waals surface area contributed by atoms with E-state index in [0.717, 1.165) is 19.1 Å². The zero-order valence-electron chi connectivity index (χ0n) is 12.3. The first kappa shape index (κ1) is 15.8. The number of hydrogen-bond donors (Lipinski definition) is 0. The summed E-state index contributed by atoms with van der Waals surface area (Å²) in [6.45, 7) is 6.68. The highest BCUT2D eigenvalue weighted by Crippen LogP contribution is 2.29. The van der Waals surface area contributed by atoms with E-state index in [-0.39, 0.29) is 17.3 Å². The van der Waals surface area contributed by atoms with Crippen LogP contribution in [0, 0.1) is 11.2 Å². The van der Waals surface area contributed by atoms with E-state index >= 15 is 0 Å². The average Bonchev–Trinajstić information content (AvgIpc) is 2.44.